The number of H-pyrrole nitrogens is 1. The van der Waals surface area contributed by atoms with Gasteiger partial charge in [-0.15, -0.1) is 0 Å². The number of fused-ring (bicyclic) bond motifs is 1. The monoisotopic (exact) mass is 454 g/mol. The molecule has 0 saturated heterocycles. The number of carbonyl (C=O) groups is 2. The first-order chi connectivity index (χ1) is 15.1. The molecule has 8 nitrogen and oxygen atoms in total. The van der Waals surface area contributed by atoms with Crippen LogP contribution in [0.4, 0.5) is 28.2 Å². The van der Waals surface area contributed by atoms with Gasteiger partial charge in [0.25, 0.3) is 5.52 Å². The number of nitrogens with one attached hydrogen (secondary N) is 2. The van der Waals surface area contributed by atoms with Gasteiger partial charge >= 0.3 is 18.2 Å². The number of nitrogens with zero attached hydrogens (tertiary/aromatic N) is 1. The summed E-state index contributed by atoms with van der Waals surface area (Å²) in [6, 6.07) is 7.16. The Kier molecular flexibility index (Phi) is 6.42. The summed E-state index contributed by atoms with van der Waals surface area (Å²) >= 11 is 0. The molecule has 12 heteroatoms. The molecule has 0 aliphatic heterocycles. The number of carbonyl (C=O) groups excluding carboxylic acids is 2. The molecule has 168 valence electrons. The zero-order valence-corrected chi connectivity index (χ0v) is 16.4. The van der Waals surface area contributed by atoms with Gasteiger partial charge in [0, 0.05) is 12.0 Å². The lowest BCUT2D eigenvalue weighted by atomic mass is 10.0. The number of aromatic amines is 1. The van der Waals surface area contributed by atoms with Crippen molar-refractivity contribution in [2.45, 2.75) is 12.6 Å². The first-order valence-electron chi connectivity index (χ1n) is 8.98. The molecular formula is C20H16F4N3O5+. The average molecular weight is 454 g/mol. The number of hydrogen-bond donors (Lipinski definition) is 2. The fourth-order valence-electron chi connectivity index (χ4n) is 2.82. The molecule has 0 bridgehead atoms. The van der Waals surface area contributed by atoms with Gasteiger partial charge in [-0.3, -0.25) is 5.32 Å². The van der Waals surface area contributed by atoms with Crippen molar-refractivity contribution < 1.29 is 46.7 Å². The van der Waals surface area contributed by atoms with E-state index in [1.807, 2.05) is 5.32 Å². The average Bonchev–Trinajstić information content (AvgIpc) is 2.75. The summed E-state index contributed by atoms with van der Waals surface area (Å²) < 4.78 is 58.7. The van der Waals surface area contributed by atoms with Crippen LogP contribution < -0.4 is 10.3 Å². The summed E-state index contributed by atoms with van der Waals surface area (Å²) in [5.41, 5.74) is 0.729. The number of aromatic nitrogens is 2. The number of hydrogen-bond acceptors (Lipinski definition) is 6. The molecule has 0 aliphatic rings. The Morgan fingerprint density at radius 3 is 2.50 bits per heavy atom. The minimum Gasteiger partial charge on any atom is -0.501 e. The zero-order chi connectivity index (χ0) is 23.5. The Bertz CT molecular complexity index is 1170. The minimum absolute atomic E-state index is 0.0330. The van der Waals surface area contributed by atoms with Gasteiger partial charge in [0.1, 0.15) is 5.82 Å². The summed E-state index contributed by atoms with van der Waals surface area (Å²) in [4.78, 5) is 30.4. The number of rotatable bonds is 5. The lowest BCUT2D eigenvalue weighted by Crippen LogP contribution is -2.24. The van der Waals surface area contributed by atoms with E-state index in [9.17, 15) is 32.3 Å². The number of aromatic hydroxyl groups is 1. The van der Waals surface area contributed by atoms with Crippen LogP contribution in [-0.4, -0.2) is 42.0 Å². The van der Waals surface area contributed by atoms with Crippen LogP contribution in [-0.2, 0) is 15.9 Å². The second-order valence-electron chi connectivity index (χ2n) is 6.57. The zero-order valence-electron chi connectivity index (χ0n) is 16.4. The predicted molar refractivity (Wildman–Crippen MR) is 102 cm³/mol. The Morgan fingerprint density at radius 2 is 1.88 bits per heavy atom. The Hall–Kier alpha value is -3.96. The van der Waals surface area contributed by atoms with Crippen LogP contribution in [0.2, 0.25) is 0 Å². The molecule has 3 aromatic rings. The number of benzene rings is 1. The van der Waals surface area contributed by atoms with Crippen molar-refractivity contribution in [2.75, 3.05) is 19.0 Å². The highest BCUT2D eigenvalue weighted by Gasteiger charge is 2.30. The number of methoxy groups -OCH3 is 1. The van der Waals surface area contributed by atoms with Gasteiger partial charge in [0.05, 0.1) is 12.5 Å². The number of anilines is 1. The topological polar surface area (TPSA) is 112 Å². The molecule has 3 N–H and O–H groups in total. The maximum Gasteiger partial charge on any atom is 0.422 e. The van der Waals surface area contributed by atoms with Crippen LogP contribution in [0.25, 0.3) is 10.9 Å². The molecule has 0 unspecified atom stereocenters. The van der Waals surface area contributed by atoms with E-state index in [1.54, 1.807) is 12.1 Å². The van der Waals surface area contributed by atoms with Gasteiger partial charge in [0.15, 0.2) is 24.3 Å². The second kappa shape index (κ2) is 9.04. The molecule has 2 aromatic heterocycles. The van der Waals surface area contributed by atoms with Crippen LogP contribution in [0, 0.1) is 5.82 Å². The lowest BCUT2D eigenvalue weighted by molar-refractivity contribution is -0.346. The van der Waals surface area contributed by atoms with Gasteiger partial charge in [-0.25, -0.2) is 23.9 Å². The first-order valence-corrected chi connectivity index (χ1v) is 8.98. The normalized spacial score (nSPS) is 11.3. The molecule has 32 heavy (non-hydrogen) atoms. The van der Waals surface area contributed by atoms with Gasteiger partial charge < -0.3 is 14.6 Å². The standard InChI is InChI=1S/C20H15F4N3O5/c1-31-18(29)15-16(28)14-13(17(26-15)27-19(30)32-9-20(22,23)24)7-11(8-25-14)6-10-2-4-12(21)5-3-10/h2-5,7-8,28H,6,9H2,1H3,(H,26,27,30)/p+1. The predicted octanol–water partition coefficient (Wildman–Crippen LogP) is 3.38. The highest BCUT2D eigenvalue weighted by Crippen LogP contribution is 2.31. The van der Waals surface area contributed by atoms with E-state index in [1.165, 1.54) is 24.4 Å². The first kappa shape index (κ1) is 22.7. The van der Waals surface area contributed by atoms with Crippen molar-refractivity contribution in [1.82, 2.24) is 4.98 Å². The van der Waals surface area contributed by atoms with Crippen molar-refractivity contribution in [3.05, 3.63) is 59.2 Å². The maximum absolute atomic E-state index is 13.1. The van der Waals surface area contributed by atoms with Gasteiger partial charge in [-0.2, -0.15) is 13.2 Å². The van der Waals surface area contributed by atoms with Crippen molar-refractivity contribution in [3.8, 4) is 5.75 Å². The van der Waals surface area contributed by atoms with Crippen LogP contribution in [0.15, 0.2) is 36.5 Å². The third-order valence-corrected chi connectivity index (χ3v) is 4.23. The Morgan fingerprint density at radius 1 is 1.19 bits per heavy atom. The number of ether oxygens (including phenoxy) is 2. The maximum atomic E-state index is 13.1. The summed E-state index contributed by atoms with van der Waals surface area (Å²) in [6.45, 7) is -1.83. The highest BCUT2D eigenvalue weighted by molar-refractivity contribution is 6.03. The Balaban J connectivity index is 2.02. The second-order valence-corrected chi connectivity index (χ2v) is 6.57. The van der Waals surface area contributed by atoms with Crippen molar-refractivity contribution in [3.63, 3.8) is 0 Å². The minimum atomic E-state index is -4.74. The van der Waals surface area contributed by atoms with Crippen LogP contribution in [0.1, 0.15) is 21.6 Å². The highest BCUT2D eigenvalue weighted by atomic mass is 19.4. The van der Waals surface area contributed by atoms with Crippen LogP contribution in [0.3, 0.4) is 0 Å². The van der Waals surface area contributed by atoms with Crippen LogP contribution >= 0.6 is 0 Å². The van der Waals surface area contributed by atoms with E-state index >= 15 is 0 Å². The number of alkyl halides is 3. The number of amides is 1. The fraction of sp³-hybridized carbons (Fsp3) is 0.200. The number of halogens is 4. The van der Waals surface area contributed by atoms with E-state index in [0.29, 0.717) is 12.0 Å². The molecular weight excluding hydrogens is 438 g/mol. The van der Waals surface area contributed by atoms with Crippen molar-refractivity contribution >= 4 is 28.8 Å². The van der Waals surface area contributed by atoms with Gasteiger partial charge in [-0.05, 0) is 23.8 Å². The quantitative estimate of drug-likeness (QED) is 0.452. The summed E-state index contributed by atoms with van der Waals surface area (Å²) in [5, 5.41) is 12.5. The van der Waals surface area contributed by atoms with Crippen molar-refractivity contribution in [2.24, 2.45) is 0 Å². The van der Waals surface area contributed by atoms with E-state index in [0.717, 1.165) is 12.7 Å². The fourth-order valence-corrected chi connectivity index (χ4v) is 2.82. The molecule has 3 rings (SSSR count). The third-order valence-electron chi connectivity index (χ3n) is 4.23. The molecule has 0 saturated carbocycles. The third kappa shape index (κ3) is 5.39. The molecule has 1 amide bonds. The molecule has 0 radical (unpaired) electrons. The molecule has 0 fully saturated rings. The summed E-state index contributed by atoms with van der Waals surface area (Å²) in [6.07, 6.45) is -4.40. The van der Waals surface area contributed by atoms with E-state index in [-0.39, 0.29) is 16.7 Å². The number of pyridine rings is 2. The lowest BCUT2D eigenvalue weighted by Gasteiger charge is -2.11. The largest absolute Gasteiger partial charge is 0.501 e. The van der Waals surface area contributed by atoms with E-state index in [2.05, 4.69) is 19.4 Å². The number of esters is 1. The smallest absolute Gasteiger partial charge is 0.422 e. The molecule has 0 aliphatic carbocycles. The Labute approximate surface area is 177 Å². The van der Waals surface area contributed by atoms with Crippen LogP contribution in [0.5, 0.6) is 5.75 Å². The van der Waals surface area contributed by atoms with Gasteiger partial charge in [0.2, 0.25) is 5.75 Å². The van der Waals surface area contributed by atoms with Gasteiger partial charge in [-0.1, -0.05) is 12.1 Å². The summed E-state index contributed by atoms with van der Waals surface area (Å²) in [5.74, 6) is -2.39. The SMILES string of the molecule is COC(=O)c1nc(NC(=O)OCC(F)(F)F)c2cc(Cc3ccc(F)cc3)c[nH+]c2c1O. The molecule has 0 spiro atoms. The molecule has 1 aromatic carbocycles. The van der Waals surface area contributed by atoms with E-state index in [4.69, 9.17) is 0 Å². The van der Waals surface area contributed by atoms with Crippen molar-refractivity contribution in [1.29, 1.82) is 0 Å². The van der Waals surface area contributed by atoms with E-state index < -0.39 is 42.1 Å². The molecule has 0 atom stereocenters. The summed E-state index contributed by atoms with van der Waals surface area (Å²) in [7, 11) is 1.04. The molecule has 2 heterocycles.